The Hall–Kier alpha value is -2.98. The lowest BCUT2D eigenvalue weighted by molar-refractivity contribution is 0.589. The Balaban J connectivity index is 1.66. The average molecular weight is 359 g/mol. The normalized spacial score (nSPS) is 11.4. The Morgan fingerprint density at radius 2 is 1.67 bits per heavy atom. The van der Waals surface area contributed by atoms with Crippen LogP contribution >= 0.6 is 0 Å². The van der Waals surface area contributed by atoms with E-state index in [4.69, 9.17) is 0 Å². The molecule has 1 aromatic heterocycles. The first kappa shape index (κ1) is 17.4. The van der Waals surface area contributed by atoms with Crippen molar-refractivity contribution in [3.05, 3.63) is 78.1 Å². The van der Waals surface area contributed by atoms with Gasteiger partial charge in [-0.3, -0.25) is 0 Å². The summed E-state index contributed by atoms with van der Waals surface area (Å²) in [5, 5.41) is 3.45. The highest BCUT2D eigenvalue weighted by Gasteiger charge is 2.08. The zero-order valence-electron chi connectivity index (χ0n) is 15.5. The quantitative estimate of drug-likeness (QED) is 0.491. The van der Waals surface area contributed by atoms with Gasteiger partial charge in [-0.1, -0.05) is 50.2 Å². The van der Waals surface area contributed by atoms with Gasteiger partial charge in [0, 0.05) is 18.2 Å². The number of hydrogen-bond donors (Lipinski definition) is 2. The molecule has 0 radical (unpaired) electrons. The summed E-state index contributed by atoms with van der Waals surface area (Å²) in [7, 11) is 0. The van der Waals surface area contributed by atoms with Gasteiger partial charge in [0.1, 0.15) is 11.6 Å². The summed E-state index contributed by atoms with van der Waals surface area (Å²) in [6, 6.07) is 21.9. The Labute approximate surface area is 158 Å². The van der Waals surface area contributed by atoms with Gasteiger partial charge in [-0.25, -0.2) is 9.37 Å². The van der Waals surface area contributed by atoms with Crippen LogP contribution in [-0.2, 0) is 6.54 Å². The molecule has 0 saturated heterocycles. The van der Waals surface area contributed by atoms with Crippen LogP contribution in [0.5, 0.6) is 0 Å². The number of fused-ring (bicyclic) bond motifs is 1. The van der Waals surface area contributed by atoms with Gasteiger partial charge < -0.3 is 10.3 Å². The predicted octanol–water partition coefficient (Wildman–Crippen LogP) is 5.53. The number of rotatable bonds is 5. The first-order valence-corrected chi connectivity index (χ1v) is 9.17. The van der Waals surface area contributed by atoms with E-state index in [1.165, 1.54) is 23.3 Å². The molecule has 4 aromatic rings. The van der Waals surface area contributed by atoms with Gasteiger partial charge in [0.2, 0.25) is 0 Å². The zero-order chi connectivity index (χ0) is 18.8. The highest BCUT2D eigenvalue weighted by atomic mass is 19.1. The average Bonchev–Trinajstić information content (AvgIpc) is 3.10. The van der Waals surface area contributed by atoms with Crippen LogP contribution in [0.4, 0.5) is 4.39 Å². The molecule has 2 N–H and O–H groups in total. The fourth-order valence-corrected chi connectivity index (χ4v) is 3.15. The van der Waals surface area contributed by atoms with Crippen LogP contribution in [0.2, 0.25) is 0 Å². The predicted molar refractivity (Wildman–Crippen MR) is 109 cm³/mol. The molecule has 0 saturated carbocycles. The summed E-state index contributed by atoms with van der Waals surface area (Å²) in [5.74, 6) is 0.480. The molecule has 0 fully saturated rings. The summed E-state index contributed by atoms with van der Waals surface area (Å²) in [5.41, 5.74) is 6.00. The smallest absolute Gasteiger partial charge is 0.138 e. The van der Waals surface area contributed by atoms with E-state index in [0.29, 0.717) is 11.6 Å². The van der Waals surface area contributed by atoms with E-state index in [0.717, 1.165) is 29.0 Å². The van der Waals surface area contributed by atoms with Gasteiger partial charge in [-0.2, -0.15) is 0 Å². The van der Waals surface area contributed by atoms with E-state index < -0.39 is 0 Å². The third-order valence-corrected chi connectivity index (χ3v) is 4.55. The van der Waals surface area contributed by atoms with Crippen LogP contribution in [0.15, 0.2) is 66.7 Å². The summed E-state index contributed by atoms with van der Waals surface area (Å²) in [6.07, 6.45) is 0. The number of hydrogen-bond acceptors (Lipinski definition) is 2. The van der Waals surface area contributed by atoms with Crippen LogP contribution in [0.1, 0.15) is 19.4 Å². The second-order valence-electron chi connectivity index (χ2n) is 7.06. The molecular weight excluding hydrogens is 337 g/mol. The zero-order valence-corrected chi connectivity index (χ0v) is 15.5. The molecule has 0 unspecified atom stereocenters. The van der Waals surface area contributed by atoms with Gasteiger partial charge in [0.25, 0.3) is 0 Å². The highest BCUT2D eigenvalue weighted by Crippen LogP contribution is 2.27. The molecule has 3 aromatic carbocycles. The van der Waals surface area contributed by atoms with Crippen molar-refractivity contribution in [2.45, 2.75) is 26.4 Å². The third kappa shape index (κ3) is 3.91. The Kier molecular flexibility index (Phi) is 4.73. The lowest BCUT2D eigenvalue weighted by Gasteiger charge is -2.10. The summed E-state index contributed by atoms with van der Waals surface area (Å²) < 4.78 is 13.4. The first-order chi connectivity index (χ1) is 13.1. The van der Waals surface area contributed by atoms with Crippen LogP contribution < -0.4 is 5.32 Å². The van der Waals surface area contributed by atoms with E-state index in [9.17, 15) is 4.39 Å². The van der Waals surface area contributed by atoms with Crippen LogP contribution in [0.25, 0.3) is 33.5 Å². The number of imidazole rings is 1. The number of nitrogens with one attached hydrogen (secondary N) is 2. The van der Waals surface area contributed by atoms with E-state index >= 15 is 0 Å². The second-order valence-corrected chi connectivity index (χ2v) is 7.06. The highest BCUT2D eigenvalue weighted by molar-refractivity contribution is 5.80. The fourth-order valence-electron chi connectivity index (χ4n) is 3.15. The topological polar surface area (TPSA) is 40.7 Å². The van der Waals surface area contributed by atoms with Crippen molar-refractivity contribution in [3.8, 4) is 22.5 Å². The molecule has 0 aliphatic carbocycles. The third-order valence-electron chi connectivity index (χ3n) is 4.55. The standard InChI is InChI=1S/C23H22FN3/c1-15(2)25-14-16-5-3-6-17(11-16)18-7-4-8-19(12-18)23-26-21-10-9-20(24)13-22(21)27-23/h3-13,15,25H,14H2,1-2H3,(H,26,27). The molecule has 27 heavy (non-hydrogen) atoms. The van der Waals surface area contributed by atoms with Gasteiger partial charge in [0.15, 0.2) is 0 Å². The van der Waals surface area contributed by atoms with E-state index in [1.807, 2.05) is 12.1 Å². The van der Waals surface area contributed by atoms with Crippen molar-refractivity contribution in [2.24, 2.45) is 0 Å². The van der Waals surface area contributed by atoms with Gasteiger partial charge >= 0.3 is 0 Å². The Morgan fingerprint density at radius 1 is 0.926 bits per heavy atom. The first-order valence-electron chi connectivity index (χ1n) is 9.17. The number of benzene rings is 3. The molecule has 0 aliphatic rings. The fraction of sp³-hybridized carbons (Fsp3) is 0.174. The van der Waals surface area contributed by atoms with Crippen molar-refractivity contribution < 1.29 is 4.39 Å². The SMILES string of the molecule is CC(C)NCc1cccc(-c2cccc(-c3nc4ccc(F)cc4[nH]3)c2)c1. The Bertz CT molecular complexity index is 1080. The molecule has 0 amide bonds. The monoisotopic (exact) mass is 359 g/mol. The molecular formula is C23H22FN3. The maximum Gasteiger partial charge on any atom is 0.138 e. The number of aromatic nitrogens is 2. The van der Waals surface area contributed by atoms with Crippen LogP contribution in [-0.4, -0.2) is 16.0 Å². The van der Waals surface area contributed by atoms with Crippen LogP contribution in [0, 0.1) is 5.82 Å². The van der Waals surface area contributed by atoms with E-state index in [2.05, 4.69) is 65.5 Å². The molecule has 4 heteroatoms. The molecule has 3 nitrogen and oxygen atoms in total. The van der Waals surface area contributed by atoms with Gasteiger partial charge in [-0.15, -0.1) is 0 Å². The molecule has 0 atom stereocenters. The number of halogens is 1. The van der Waals surface area contributed by atoms with Gasteiger partial charge in [-0.05, 0) is 47.0 Å². The maximum atomic E-state index is 13.4. The minimum absolute atomic E-state index is 0.265. The maximum absolute atomic E-state index is 13.4. The second kappa shape index (κ2) is 7.33. The largest absolute Gasteiger partial charge is 0.338 e. The van der Waals surface area contributed by atoms with Crippen LogP contribution in [0.3, 0.4) is 0 Å². The minimum atomic E-state index is -0.265. The number of aromatic amines is 1. The lowest BCUT2D eigenvalue weighted by atomic mass is 10.0. The van der Waals surface area contributed by atoms with Crippen molar-refractivity contribution in [1.82, 2.24) is 15.3 Å². The molecule has 1 heterocycles. The Morgan fingerprint density at radius 3 is 2.48 bits per heavy atom. The van der Waals surface area contributed by atoms with Crippen molar-refractivity contribution >= 4 is 11.0 Å². The van der Waals surface area contributed by atoms with E-state index in [1.54, 1.807) is 6.07 Å². The molecule has 0 spiro atoms. The van der Waals surface area contributed by atoms with Crippen molar-refractivity contribution in [2.75, 3.05) is 0 Å². The summed E-state index contributed by atoms with van der Waals surface area (Å²) in [6.45, 7) is 5.14. The van der Waals surface area contributed by atoms with Gasteiger partial charge in [0.05, 0.1) is 11.0 Å². The molecule has 136 valence electrons. The van der Waals surface area contributed by atoms with Crippen molar-refractivity contribution in [1.29, 1.82) is 0 Å². The molecule has 0 bridgehead atoms. The summed E-state index contributed by atoms with van der Waals surface area (Å²) >= 11 is 0. The minimum Gasteiger partial charge on any atom is -0.338 e. The number of nitrogens with zero attached hydrogens (tertiary/aromatic N) is 1. The van der Waals surface area contributed by atoms with Crippen molar-refractivity contribution in [3.63, 3.8) is 0 Å². The van der Waals surface area contributed by atoms with E-state index in [-0.39, 0.29) is 5.82 Å². The lowest BCUT2D eigenvalue weighted by Crippen LogP contribution is -2.21. The number of H-pyrrole nitrogens is 1. The molecule has 0 aliphatic heterocycles. The molecule has 4 rings (SSSR count). The summed E-state index contributed by atoms with van der Waals surface area (Å²) in [4.78, 5) is 7.81.